The van der Waals surface area contributed by atoms with Crippen LogP contribution in [0.15, 0.2) is 33.6 Å². The summed E-state index contributed by atoms with van der Waals surface area (Å²) >= 11 is 4.59. The average molecular weight is 396 g/mol. The third-order valence-electron chi connectivity index (χ3n) is 2.56. The summed E-state index contributed by atoms with van der Waals surface area (Å²) in [5, 5.41) is 0. The summed E-state index contributed by atoms with van der Waals surface area (Å²) in [5.74, 6) is 0.274. The summed E-state index contributed by atoms with van der Waals surface area (Å²) in [7, 11) is -3.30. The fraction of sp³-hybridized carbons (Fsp3) is 0.462. The van der Waals surface area contributed by atoms with Crippen LogP contribution in [0.25, 0.3) is 0 Å². The summed E-state index contributed by atoms with van der Waals surface area (Å²) < 4.78 is 29.8. The number of carbonyl (C=O) groups excluding carboxylic acids is 1. The van der Waals surface area contributed by atoms with Crippen LogP contribution in [0, 0.1) is 0 Å². The molecular formula is C13H18BrNO4S2. The zero-order valence-corrected chi connectivity index (χ0v) is 14.8. The van der Waals surface area contributed by atoms with E-state index in [1.165, 1.54) is 11.8 Å². The summed E-state index contributed by atoms with van der Waals surface area (Å²) in [6.07, 6.45) is 0. The quantitative estimate of drug-likeness (QED) is 0.533. The van der Waals surface area contributed by atoms with Crippen molar-refractivity contribution in [3.63, 3.8) is 0 Å². The normalized spacial score (nSPS) is 12.9. The second-order valence-corrected chi connectivity index (χ2v) is 8.38. The van der Waals surface area contributed by atoms with Crippen LogP contribution in [0.2, 0.25) is 0 Å². The van der Waals surface area contributed by atoms with Crippen LogP contribution >= 0.6 is 27.7 Å². The van der Waals surface area contributed by atoms with Crippen molar-refractivity contribution in [3.8, 4) is 0 Å². The molecule has 0 aliphatic rings. The first-order valence-electron chi connectivity index (χ1n) is 6.35. The number of esters is 1. The van der Waals surface area contributed by atoms with Gasteiger partial charge in [-0.2, -0.15) is 11.8 Å². The van der Waals surface area contributed by atoms with Crippen molar-refractivity contribution in [1.29, 1.82) is 0 Å². The highest BCUT2D eigenvalue weighted by Gasteiger charge is 2.17. The third kappa shape index (κ3) is 6.37. The van der Waals surface area contributed by atoms with Crippen molar-refractivity contribution in [3.05, 3.63) is 28.7 Å². The molecule has 0 aromatic heterocycles. The van der Waals surface area contributed by atoms with Gasteiger partial charge in [0.25, 0.3) is 0 Å². The molecule has 0 radical (unpaired) electrons. The van der Waals surface area contributed by atoms with E-state index in [4.69, 9.17) is 10.5 Å². The summed E-state index contributed by atoms with van der Waals surface area (Å²) in [4.78, 5) is 11.6. The molecule has 0 aliphatic carbocycles. The highest BCUT2D eigenvalue weighted by Crippen LogP contribution is 2.17. The van der Waals surface area contributed by atoms with Gasteiger partial charge in [0.15, 0.2) is 9.84 Å². The number of halogens is 1. The van der Waals surface area contributed by atoms with Gasteiger partial charge in [0.1, 0.15) is 6.04 Å². The van der Waals surface area contributed by atoms with E-state index in [1.54, 1.807) is 31.2 Å². The number of carbonyl (C=O) groups is 1. The molecule has 0 saturated heterocycles. The molecule has 0 spiro atoms. The molecular weight excluding hydrogens is 378 g/mol. The predicted octanol–water partition coefficient (Wildman–Crippen LogP) is 1.85. The first-order valence-corrected chi connectivity index (χ1v) is 9.95. The fourth-order valence-corrected chi connectivity index (χ4v) is 4.41. The minimum atomic E-state index is -3.30. The Balaban J connectivity index is 2.41. The van der Waals surface area contributed by atoms with Gasteiger partial charge in [0, 0.05) is 16.0 Å². The van der Waals surface area contributed by atoms with E-state index in [0.29, 0.717) is 16.4 Å². The second-order valence-electron chi connectivity index (χ2n) is 4.21. The Hall–Kier alpha value is -0.570. The van der Waals surface area contributed by atoms with Crippen LogP contribution in [0.1, 0.15) is 6.92 Å². The van der Waals surface area contributed by atoms with Crippen molar-refractivity contribution in [2.24, 2.45) is 5.73 Å². The van der Waals surface area contributed by atoms with Gasteiger partial charge in [-0.25, -0.2) is 8.42 Å². The molecule has 1 aromatic rings. The number of hydrogen-bond acceptors (Lipinski definition) is 6. The standard InChI is InChI=1S/C13H18BrNO4S2/c1-2-19-13(16)12(15)9-20-7-8-21(17,18)11-5-3-10(14)4-6-11/h3-6,12H,2,7-9,15H2,1H3. The van der Waals surface area contributed by atoms with Gasteiger partial charge in [-0.3, -0.25) is 4.79 Å². The number of benzene rings is 1. The van der Waals surface area contributed by atoms with E-state index in [9.17, 15) is 13.2 Å². The van der Waals surface area contributed by atoms with Crippen molar-refractivity contribution in [2.75, 3.05) is 23.9 Å². The van der Waals surface area contributed by atoms with Crippen LogP contribution in [0.3, 0.4) is 0 Å². The third-order valence-corrected chi connectivity index (χ3v) is 6.16. The summed E-state index contributed by atoms with van der Waals surface area (Å²) in [5.41, 5.74) is 5.63. The Bertz CT molecular complexity index is 560. The van der Waals surface area contributed by atoms with Crippen molar-refractivity contribution in [1.82, 2.24) is 0 Å². The van der Waals surface area contributed by atoms with Crippen molar-refractivity contribution < 1.29 is 17.9 Å². The number of sulfone groups is 1. The maximum Gasteiger partial charge on any atom is 0.323 e. The molecule has 1 rings (SSSR count). The Labute approximate surface area is 137 Å². The largest absolute Gasteiger partial charge is 0.465 e. The van der Waals surface area contributed by atoms with Gasteiger partial charge in [0.2, 0.25) is 0 Å². The lowest BCUT2D eigenvalue weighted by molar-refractivity contribution is -0.144. The second kappa shape index (κ2) is 8.77. The molecule has 0 fully saturated rings. The molecule has 0 bridgehead atoms. The molecule has 118 valence electrons. The van der Waals surface area contributed by atoms with Crippen molar-refractivity contribution >= 4 is 43.5 Å². The molecule has 2 N–H and O–H groups in total. The van der Waals surface area contributed by atoms with Gasteiger partial charge < -0.3 is 10.5 Å². The SMILES string of the molecule is CCOC(=O)C(N)CSCCS(=O)(=O)c1ccc(Br)cc1. The lowest BCUT2D eigenvalue weighted by Gasteiger charge is -2.10. The maximum atomic E-state index is 12.1. The van der Waals surface area contributed by atoms with Crippen LogP contribution < -0.4 is 5.73 Å². The monoisotopic (exact) mass is 395 g/mol. The van der Waals surface area contributed by atoms with Gasteiger partial charge >= 0.3 is 5.97 Å². The molecule has 0 aliphatic heterocycles. The topological polar surface area (TPSA) is 86.5 Å². The van der Waals surface area contributed by atoms with Gasteiger partial charge in [-0.15, -0.1) is 0 Å². The molecule has 1 unspecified atom stereocenters. The fourth-order valence-electron chi connectivity index (χ4n) is 1.46. The van der Waals surface area contributed by atoms with Gasteiger partial charge in [-0.05, 0) is 31.2 Å². The first kappa shape index (κ1) is 18.5. The van der Waals surface area contributed by atoms with E-state index in [0.717, 1.165) is 4.47 Å². The average Bonchev–Trinajstić information content (AvgIpc) is 2.44. The lowest BCUT2D eigenvalue weighted by Crippen LogP contribution is -2.34. The molecule has 8 heteroatoms. The van der Waals surface area contributed by atoms with E-state index < -0.39 is 21.8 Å². The minimum absolute atomic E-state index is 0.00877. The van der Waals surface area contributed by atoms with Crippen LogP contribution in [0.4, 0.5) is 0 Å². The minimum Gasteiger partial charge on any atom is -0.465 e. The number of rotatable bonds is 8. The molecule has 0 heterocycles. The van der Waals surface area contributed by atoms with E-state index in [-0.39, 0.29) is 12.4 Å². The van der Waals surface area contributed by atoms with Gasteiger partial charge in [-0.1, -0.05) is 15.9 Å². The Morgan fingerprint density at radius 1 is 1.38 bits per heavy atom. The van der Waals surface area contributed by atoms with Crippen LogP contribution in [0.5, 0.6) is 0 Å². The highest BCUT2D eigenvalue weighted by molar-refractivity contribution is 9.10. The molecule has 1 aromatic carbocycles. The number of nitrogens with two attached hydrogens (primary N) is 1. The lowest BCUT2D eigenvalue weighted by atomic mass is 10.4. The zero-order valence-electron chi connectivity index (χ0n) is 11.6. The molecule has 1 atom stereocenters. The molecule has 0 saturated carbocycles. The molecule has 21 heavy (non-hydrogen) atoms. The maximum absolute atomic E-state index is 12.1. The Kier molecular flexibility index (Phi) is 7.72. The van der Waals surface area contributed by atoms with Crippen LogP contribution in [-0.4, -0.2) is 44.3 Å². The van der Waals surface area contributed by atoms with Crippen molar-refractivity contribution in [2.45, 2.75) is 17.9 Å². The highest BCUT2D eigenvalue weighted by atomic mass is 79.9. The predicted molar refractivity (Wildman–Crippen MR) is 88.1 cm³/mol. The number of thioether (sulfide) groups is 1. The first-order chi connectivity index (χ1) is 9.86. The smallest absolute Gasteiger partial charge is 0.323 e. The van der Waals surface area contributed by atoms with E-state index in [1.807, 2.05) is 0 Å². The Morgan fingerprint density at radius 2 is 2.00 bits per heavy atom. The summed E-state index contributed by atoms with van der Waals surface area (Å²) in [6, 6.07) is 5.79. The van der Waals surface area contributed by atoms with Crippen LogP contribution in [-0.2, 0) is 19.4 Å². The molecule has 5 nitrogen and oxygen atoms in total. The Morgan fingerprint density at radius 3 is 2.57 bits per heavy atom. The number of hydrogen-bond donors (Lipinski definition) is 1. The van der Waals surface area contributed by atoms with Gasteiger partial charge in [0.05, 0.1) is 17.3 Å². The van der Waals surface area contributed by atoms with E-state index in [2.05, 4.69) is 15.9 Å². The summed E-state index contributed by atoms with van der Waals surface area (Å²) in [6.45, 7) is 2.00. The zero-order chi connectivity index (χ0) is 15.9. The number of ether oxygens (including phenoxy) is 1. The molecule has 0 amide bonds. The van der Waals surface area contributed by atoms with E-state index >= 15 is 0 Å².